The van der Waals surface area contributed by atoms with E-state index in [9.17, 15) is 0 Å². The summed E-state index contributed by atoms with van der Waals surface area (Å²) in [5.74, 6) is 4.16. The van der Waals surface area contributed by atoms with E-state index in [4.69, 9.17) is 0 Å². The zero-order valence-corrected chi connectivity index (χ0v) is 13.9. The summed E-state index contributed by atoms with van der Waals surface area (Å²) in [4.78, 5) is 0. The van der Waals surface area contributed by atoms with Gasteiger partial charge in [0.2, 0.25) is 0 Å². The molecule has 0 radical (unpaired) electrons. The third-order valence-electron chi connectivity index (χ3n) is 6.58. The molecule has 0 heterocycles. The van der Waals surface area contributed by atoms with Crippen LogP contribution in [-0.2, 0) is 0 Å². The Kier molecular flexibility index (Phi) is 5.37. The van der Waals surface area contributed by atoms with Gasteiger partial charge in [-0.05, 0) is 54.8 Å². The van der Waals surface area contributed by atoms with Gasteiger partial charge in [0.25, 0.3) is 0 Å². The van der Waals surface area contributed by atoms with Gasteiger partial charge in [-0.2, -0.15) is 0 Å². The van der Waals surface area contributed by atoms with Gasteiger partial charge in [0.15, 0.2) is 0 Å². The second-order valence-corrected chi connectivity index (χ2v) is 8.15. The van der Waals surface area contributed by atoms with Gasteiger partial charge >= 0.3 is 0 Å². The Morgan fingerprint density at radius 3 is 1.53 bits per heavy atom. The topological polar surface area (TPSA) is 0 Å². The van der Waals surface area contributed by atoms with Crippen molar-refractivity contribution in [2.45, 2.75) is 91.9 Å². The van der Waals surface area contributed by atoms with Crippen LogP contribution in [0.1, 0.15) is 91.9 Å². The van der Waals surface area contributed by atoms with Crippen LogP contribution in [0.5, 0.6) is 0 Å². The van der Waals surface area contributed by atoms with Crippen molar-refractivity contribution in [3.63, 3.8) is 0 Å². The van der Waals surface area contributed by atoms with Crippen molar-refractivity contribution in [2.24, 2.45) is 29.1 Å². The van der Waals surface area contributed by atoms with Crippen molar-refractivity contribution in [2.75, 3.05) is 0 Å². The Balaban J connectivity index is 1.88. The molecule has 0 N–H and O–H groups in total. The molecule has 0 nitrogen and oxygen atoms in total. The zero-order chi connectivity index (χ0) is 13.9. The molecule has 4 atom stereocenters. The molecule has 0 saturated heterocycles. The van der Waals surface area contributed by atoms with Crippen molar-refractivity contribution in [3.8, 4) is 0 Å². The lowest BCUT2D eigenvalue weighted by Crippen LogP contribution is -2.30. The standard InChI is InChI=1S/C19H36/c1-5-7-15-9-11-17(13-15)19(3,4)18-12-10-16(14-18)8-6-2/h15-18H,5-14H2,1-4H3/t15-,16?,17-,18-/m0/s1. The molecule has 0 amide bonds. The second kappa shape index (κ2) is 6.64. The summed E-state index contributed by atoms with van der Waals surface area (Å²) >= 11 is 0. The fraction of sp³-hybridized carbons (Fsp3) is 1.00. The summed E-state index contributed by atoms with van der Waals surface area (Å²) in [7, 11) is 0. The van der Waals surface area contributed by atoms with Crippen LogP contribution in [0.25, 0.3) is 0 Å². The van der Waals surface area contributed by atoms with E-state index in [1.807, 2.05) is 0 Å². The first-order valence-corrected chi connectivity index (χ1v) is 9.07. The fourth-order valence-corrected chi connectivity index (χ4v) is 5.18. The lowest BCUT2D eigenvalue weighted by molar-refractivity contribution is 0.113. The molecule has 0 aliphatic heterocycles. The van der Waals surface area contributed by atoms with Crippen molar-refractivity contribution >= 4 is 0 Å². The number of rotatable bonds is 6. The molecule has 2 aliphatic carbocycles. The summed E-state index contributed by atoms with van der Waals surface area (Å²) in [6.45, 7) is 9.91. The summed E-state index contributed by atoms with van der Waals surface area (Å²) in [6, 6.07) is 0. The molecular weight excluding hydrogens is 228 g/mol. The molecule has 112 valence electrons. The maximum Gasteiger partial charge on any atom is -0.0297 e. The molecule has 0 spiro atoms. The van der Waals surface area contributed by atoms with Crippen LogP contribution in [0.3, 0.4) is 0 Å². The minimum Gasteiger partial charge on any atom is -0.0654 e. The largest absolute Gasteiger partial charge is 0.0654 e. The molecule has 0 heteroatoms. The van der Waals surface area contributed by atoms with E-state index in [-0.39, 0.29) is 0 Å². The first-order valence-electron chi connectivity index (χ1n) is 9.07. The SMILES string of the molecule is CCCC1CC[C@H](C(C)(C)[C@H]2CC[C@H](CCC)C2)C1. The van der Waals surface area contributed by atoms with Gasteiger partial charge in [0.05, 0.1) is 0 Å². The van der Waals surface area contributed by atoms with Crippen molar-refractivity contribution in [3.05, 3.63) is 0 Å². The first-order chi connectivity index (χ1) is 9.07. The van der Waals surface area contributed by atoms with Crippen LogP contribution in [-0.4, -0.2) is 0 Å². The quantitative estimate of drug-likeness (QED) is 0.517. The Bertz CT molecular complexity index is 239. The maximum absolute atomic E-state index is 2.60. The summed E-state index contributed by atoms with van der Waals surface area (Å²) in [5, 5.41) is 0. The monoisotopic (exact) mass is 264 g/mol. The summed E-state index contributed by atoms with van der Waals surface area (Å²) in [5.41, 5.74) is 0.616. The van der Waals surface area contributed by atoms with Crippen molar-refractivity contribution < 1.29 is 0 Å². The van der Waals surface area contributed by atoms with Crippen molar-refractivity contribution in [1.29, 1.82) is 0 Å². The first kappa shape index (κ1) is 15.4. The Hall–Kier alpha value is 0. The van der Waals surface area contributed by atoms with Crippen LogP contribution < -0.4 is 0 Å². The van der Waals surface area contributed by atoms with E-state index >= 15 is 0 Å². The normalized spacial score (nSPS) is 36.0. The zero-order valence-electron chi connectivity index (χ0n) is 13.9. The van der Waals surface area contributed by atoms with Gasteiger partial charge in [-0.15, -0.1) is 0 Å². The smallest absolute Gasteiger partial charge is 0.0297 e. The number of hydrogen-bond acceptors (Lipinski definition) is 0. The molecule has 0 aromatic heterocycles. The lowest BCUT2D eigenvalue weighted by Gasteiger charge is -2.38. The molecule has 2 fully saturated rings. The molecule has 2 rings (SSSR count). The minimum atomic E-state index is 0.616. The van der Waals surface area contributed by atoms with E-state index in [2.05, 4.69) is 27.7 Å². The van der Waals surface area contributed by atoms with E-state index < -0.39 is 0 Å². The minimum absolute atomic E-state index is 0.616. The predicted octanol–water partition coefficient (Wildman–Crippen LogP) is 6.45. The highest BCUT2D eigenvalue weighted by atomic mass is 14.5. The highest BCUT2D eigenvalue weighted by Crippen LogP contribution is 2.53. The van der Waals surface area contributed by atoms with Crippen molar-refractivity contribution in [1.82, 2.24) is 0 Å². The van der Waals surface area contributed by atoms with Crippen LogP contribution in [0.15, 0.2) is 0 Å². The van der Waals surface area contributed by atoms with Gasteiger partial charge < -0.3 is 0 Å². The molecule has 2 aliphatic rings. The van der Waals surface area contributed by atoms with E-state index in [0.717, 1.165) is 23.7 Å². The Morgan fingerprint density at radius 1 is 0.737 bits per heavy atom. The molecule has 2 saturated carbocycles. The molecule has 1 unspecified atom stereocenters. The summed E-state index contributed by atoms with van der Waals surface area (Å²) < 4.78 is 0. The van der Waals surface area contributed by atoms with Crippen LogP contribution in [0, 0.1) is 29.1 Å². The van der Waals surface area contributed by atoms with Gasteiger partial charge in [-0.3, -0.25) is 0 Å². The van der Waals surface area contributed by atoms with Gasteiger partial charge in [0, 0.05) is 0 Å². The molecule has 0 aromatic carbocycles. The molecule has 19 heavy (non-hydrogen) atoms. The summed E-state index contributed by atoms with van der Waals surface area (Å²) in [6.07, 6.45) is 14.9. The highest BCUT2D eigenvalue weighted by molar-refractivity contribution is 4.93. The lowest BCUT2D eigenvalue weighted by atomic mass is 9.67. The third-order valence-corrected chi connectivity index (χ3v) is 6.58. The van der Waals surface area contributed by atoms with Gasteiger partial charge in [0.1, 0.15) is 0 Å². The third kappa shape index (κ3) is 3.56. The van der Waals surface area contributed by atoms with Crippen LogP contribution in [0.4, 0.5) is 0 Å². The van der Waals surface area contributed by atoms with Gasteiger partial charge in [-0.25, -0.2) is 0 Å². The Labute approximate surface area is 121 Å². The van der Waals surface area contributed by atoms with E-state index in [1.54, 1.807) is 0 Å². The predicted molar refractivity (Wildman–Crippen MR) is 85.3 cm³/mol. The van der Waals surface area contributed by atoms with E-state index in [0.29, 0.717) is 5.41 Å². The molecule has 0 aromatic rings. The fourth-order valence-electron chi connectivity index (χ4n) is 5.18. The average molecular weight is 264 g/mol. The second-order valence-electron chi connectivity index (χ2n) is 8.15. The van der Waals surface area contributed by atoms with E-state index in [1.165, 1.54) is 64.2 Å². The van der Waals surface area contributed by atoms with Crippen LogP contribution >= 0.6 is 0 Å². The van der Waals surface area contributed by atoms with Crippen LogP contribution in [0.2, 0.25) is 0 Å². The molecule has 0 bridgehead atoms. The number of hydrogen-bond donors (Lipinski definition) is 0. The molecular formula is C19H36. The highest BCUT2D eigenvalue weighted by Gasteiger charge is 2.43. The maximum atomic E-state index is 2.60. The average Bonchev–Trinajstić information content (AvgIpc) is 2.99. The van der Waals surface area contributed by atoms with Gasteiger partial charge in [-0.1, -0.05) is 66.2 Å². The Morgan fingerprint density at radius 2 is 1.16 bits per heavy atom.